The molecule has 1 aliphatic rings. The summed E-state index contributed by atoms with van der Waals surface area (Å²) in [4.78, 5) is 4.47. The molecule has 96 valence electrons. The number of nitrogens with zero attached hydrogens (tertiary/aromatic N) is 2. The average molecular weight is 272 g/mol. The van der Waals surface area contributed by atoms with Gasteiger partial charge in [-0.1, -0.05) is 6.92 Å². The van der Waals surface area contributed by atoms with Crippen LogP contribution < -0.4 is 11.3 Å². The quantitative estimate of drug-likeness (QED) is 0.645. The second-order valence-electron chi connectivity index (χ2n) is 4.13. The predicted molar refractivity (Wildman–Crippen MR) is 76.1 cm³/mol. The number of hydrogen-bond acceptors (Lipinski definition) is 5. The summed E-state index contributed by atoms with van der Waals surface area (Å²) in [6.07, 6.45) is 3.87. The van der Waals surface area contributed by atoms with E-state index in [0.717, 1.165) is 12.4 Å². The van der Waals surface area contributed by atoms with Gasteiger partial charge in [0.1, 0.15) is 5.82 Å². The SMILES string of the molecule is CCn1ccnc1C(NN)C1SCCSC1C. The monoisotopic (exact) mass is 272 g/mol. The number of thioether (sulfide) groups is 2. The smallest absolute Gasteiger partial charge is 0.128 e. The van der Waals surface area contributed by atoms with Gasteiger partial charge in [0.15, 0.2) is 0 Å². The average Bonchev–Trinajstić information content (AvgIpc) is 2.81. The Morgan fingerprint density at radius 1 is 1.59 bits per heavy atom. The lowest BCUT2D eigenvalue weighted by Crippen LogP contribution is -2.42. The zero-order valence-electron chi connectivity index (χ0n) is 10.3. The first kappa shape index (κ1) is 13.3. The molecule has 3 atom stereocenters. The van der Waals surface area contributed by atoms with Gasteiger partial charge in [0.05, 0.1) is 6.04 Å². The molecule has 0 saturated carbocycles. The van der Waals surface area contributed by atoms with E-state index in [1.54, 1.807) is 0 Å². The maximum absolute atomic E-state index is 5.75. The van der Waals surface area contributed by atoms with E-state index in [4.69, 9.17) is 5.84 Å². The third-order valence-electron chi connectivity index (χ3n) is 3.11. The summed E-state index contributed by atoms with van der Waals surface area (Å²) in [7, 11) is 0. The van der Waals surface area contributed by atoms with Crippen LogP contribution in [0, 0.1) is 0 Å². The van der Waals surface area contributed by atoms with Crippen molar-refractivity contribution in [3.8, 4) is 0 Å². The Bertz CT molecular complexity index is 355. The van der Waals surface area contributed by atoms with E-state index in [1.807, 2.05) is 35.9 Å². The molecule has 0 aliphatic carbocycles. The molecule has 2 heterocycles. The van der Waals surface area contributed by atoms with Crippen molar-refractivity contribution >= 4 is 23.5 Å². The topological polar surface area (TPSA) is 55.9 Å². The molecule has 0 radical (unpaired) electrons. The van der Waals surface area contributed by atoms with Gasteiger partial charge in [-0.3, -0.25) is 5.84 Å². The first-order valence-corrected chi connectivity index (χ1v) is 8.08. The zero-order chi connectivity index (χ0) is 12.3. The molecular formula is C11H20N4S2. The van der Waals surface area contributed by atoms with E-state index in [2.05, 4.69) is 28.8 Å². The number of hydrogen-bond donors (Lipinski definition) is 2. The van der Waals surface area contributed by atoms with Crippen molar-refractivity contribution in [3.05, 3.63) is 18.2 Å². The summed E-state index contributed by atoms with van der Waals surface area (Å²) < 4.78 is 2.16. The number of rotatable bonds is 4. The van der Waals surface area contributed by atoms with Gasteiger partial charge < -0.3 is 4.57 Å². The van der Waals surface area contributed by atoms with Gasteiger partial charge in [-0.15, -0.1) is 0 Å². The minimum Gasteiger partial charge on any atom is -0.334 e. The van der Waals surface area contributed by atoms with Crippen LogP contribution in [0.1, 0.15) is 25.7 Å². The number of hydrazine groups is 1. The number of aromatic nitrogens is 2. The molecule has 6 heteroatoms. The molecule has 17 heavy (non-hydrogen) atoms. The van der Waals surface area contributed by atoms with E-state index in [0.29, 0.717) is 10.5 Å². The first-order valence-electron chi connectivity index (χ1n) is 5.98. The molecule has 1 aliphatic heterocycles. The van der Waals surface area contributed by atoms with Gasteiger partial charge in [-0.25, -0.2) is 10.4 Å². The van der Waals surface area contributed by atoms with Gasteiger partial charge in [-0.2, -0.15) is 23.5 Å². The van der Waals surface area contributed by atoms with Crippen LogP contribution >= 0.6 is 23.5 Å². The maximum Gasteiger partial charge on any atom is 0.128 e. The summed E-state index contributed by atoms with van der Waals surface area (Å²) >= 11 is 4.03. The normalized spacial score (nSPS) is 27.0. The van der Waals surface area contributed by atoms with Crippen molar-refractivity contribution < 1.29 is 0 Å². The van der Waals surface area contributed by atoms with Crippen LogP contribution in [0.5, 0.6) is 0 Å². The molecule has 2 rings (SSSR count). The van der Waals surface area contributed by atoms with E-state index >= 15 is 0 Å². The van der Waals surface area contributed by atoms with E-state index < -0.39 is 0 Å². The molecule has 0 bridgehead atoms. The Hall–Kier alpha value is -0.170. The van der Waals surface area contributed by atoms with Gasteiger partial charge in [0.2, 0.25) is 0 Å². The molecule has 0 spiro atoms. The highest BCUT2D eigenvalue weighted by Gasteiger charge is 2.33. The summed E-state index contributed by atoms with van der Waals surface area (Å²) in [5, 5.41) is 1.10. The minimum absolute atomic E-state index is 0.137. The van der Waals surface area contributed by atoms with Crippen LogP contribution in [0.4, 0.5) is 0 Å². The molecule has 1 aromatic rings. The van der Waals surface area contributed by atoms with Crippen LogP contribution in [0.25, 0.3) is 0 Å². The highest BCUT2D eigenvalue weighted by atomic mass is 32.2. The highest BCUT2D eigenvalue weighted by Crippen LogP contribution is 2.37. The third-order valence-corrected chi connectivity index (χ3v) is 6.31. The fourth-order valence-electron chi connectivity index (χ4n) is 2.20. The lowest BCUT2D eigenvalue weighted by Gasteiger charge is -2.33. The Kier molecular flexibility index (Phi) is 4.78. The van der Waals surface area contributed by atoms with Crippen LogP contribution in [0.2, 0.25) is 0 Å². The largest absolute Gasteiger partial charge is 0.334 e. The van der Waals surface area contributed by atoms with Crippen LogP contribution in [0.3, 0.4) is 0 Å². The molecule has 1 fully saturated rings. The molecule has 0 aromatic carbocycles. The van der Waals surface area contributed by atoms with Crippen molar-refractivity contribution in [3.63, 3.8) is 0 Å². The number of imidazole rings is 1. The van der Waals surface area contributed by atoms with Gasteiger partial charge in [0.25, 0.3) is 0 Å². The summed E-state index contributed by atoms with van der Waals surface area (Å²) in [5.74, 6) is 9.25. The van der Waals surface area contributed by atoms with Crippen molar-refractivity contribution in [2.75, 3.05) is 11.5 Å². The second-order valence-corrected chi connectivity index (χ2v) is 6.90. The Balaban J connectivity index is 2.20. The van der Waals surface area contributed by atoms with Gasteiger partial charge >= 0.3 is 0 Å². The lowest BCUT2D eigenvalue weighted by molar-refractivity contribution is 0.478. The molecule has 3 N–H and O–H groups in total. The van der Waals surface area contributed by atoms with Crippen molar-refractivity contribution in [1.29, 1.82) is 0 Å². The molecule has 1 saturated heterocycles. The van der Waals surface area contributed by atoms with Crippen molar-refractivity contribution in [1.82, 2.24) is 15.0 Å². The van der Waals surface area contributed by atoms with Crippen LogP contribution in [0.15, 0.2) is 12.4 Å². The van der Waals surface area contributed by atoms with Crippen LogP contribution in [-0.2, 0) is 6.54 Å². The lowest BCUT2D eigenvalue weighted by atomic mass is 10.1. The summed E-state index contributed by atoms with van der Waals surface area (Å²) in [6.45, 7) is 5.35. The number of nitrogens with two attached hydrogens (primary N) is 1. The fourth-order valence-corrected chi connectivity index (χ4v) is 5.09. The minimum atomic E-state index is 0.137. The third kappa shape index (κ3) is 2.81. The summed E-state index contributed by atoms with van der Waals surface area (Å²) in [6, 6.07) is 0.137. The maximum atomic E-state index is 5.75. The van der Waals surface area contributed by atoms with E-state index in [-0.39, 0.29) is 6.04 Å². The Labute approximate surface area is 111 Å². The molecule has 4 nitrogen and oxygen atoms in total. The Morgan fingerprint density at radius 2 is 2.35 bits per heavy atom. The zero-order valence-corrected chi connectivity index (χ0v) is 11.9. The van der Waals surface area contributed by atoms with Crippen molar-refractivity contribution in [2.24, 2.45) is 5.84 Å². The summed E-state index contributed by atoms with van der Waals surface area (Å²) in [5.41, 5.74) is 2.96. The van der Waals surface area contributed by atoms with E-state index in [9.17, 15) is 0 Å². The van der Waals surface area contributed by atoms with Gasteiger partial charge in [0, 0.05) is 40.9 Å². The Morgan fingerprint density at radius 3 is 3.00 bits per heavy atom. The molecule has 3 unspecified atom stereocenters. The standard InChI is InChI=1S/C11H20N4S2/c1-3-15-5-4-13-11(15)9(14-12)10-8(2)16-6-7-17-10/h4-5,8-10,14H,3,6-7,12H2,1-2H3. The second kappa shape index (κ2) is 6.13. The molecule has 1 aromatic heterocycles. The number of nitrogens with one attached hydrogen (secondary N) is 1. The van der Waals surface area contributed by atoms with Crippen LogP contribution in [-0.4, -0.2) is 31.6 Å². The van der Waals surface area contributed by atoms with E-state index in [1.165, 1.54) is 11.5 Å². The molecular weight excluding hydrogens is 252 g/mol. The predicted octanol–water partition coefficient (Wildman–Crippen LogP) is 1.64. The fraction of sp³-hybridized carbons (Fsp3) is 0.727. The van der Waals surface area contributed by atoms with Gasteiger partial charge in [-0.05, 0) is 6.92 Å². The highest BCUT2D eigenvalue weighted by molar-refractivity contribution is 8.07. The number of aryl methyl sites for hydroxylation is 1. The molecule has 0 amide bonds. The van der Waals surface area contributed by atoms with Crippen molar-refractivity contribution in [2.45, 2.75) is 36.9 Å². The first-order chi connectivity index (χ1) is 8.27.